The molecule has 6 heteroatoms. The normalized spacial score (nSPS) is 14.0. The molecule has 1 heterocycles. The molecule has 0 spiro atoms. The van der Waals surface area contributed by atoms with Crippen molar-refractivity contribution in [3.05, 3.63) is 38.7 Å². The minimum Gasteiger partial charge on any atom is -0.497 e. The summed E-state index contributed by atoms with van der Waals surface area (Å²) >= 11 is 3.33. The molecular weight excluding hydrogens is 336 g/mol. The van der Waals surface area contributed by atoms with Gasteiger partial charge in [0, 0.05) is 5.92 Å². The van der Waals surface area contributed by atoms with Crippen LogP contribution < -0.4 is 15.0 Å². The van der Waals surface area contributed by atoms with Gasteiger partial charge in [0.05, 0.1) is 25.5 Å². The number of halogens is 1. The Morgan fingerprint density at radius 1 is 1.29 bits per heavy atom. The second-order valence-corrected chi connectivity index (χ2v) is 5.75. The molecule has 1 aromatic heterocycles. The van der Waals surface area contributed by atoms with E-state index < -0.39 is 0 Å². The number of hydrogen-bond donors (Lipinski definition) is 1. The Bertz CT molecular complexity index is 738. The third-order valence-electron chi connectivity index (χ3n) is 3.51. The standard InChI is InChI=1S/C15H15BrN2O3/c1-20-9-5-6-11(21-2)10(7-9)14-17-13(8-3-4-8)12(16)15(19)18-14/h5-8H,3-4H2,1-2H3,(H,17,18,19). The molecule has 0 radical (unpaired) electrons. The van der Waals surface area contributed by atoms with Crippen molar-refractivity contribution in [1.29, 1.82) is 0 Å². The quantitative estimate of drug-likeness (QED) is 0.920. The monoisotopic (exact) mass is 350 g/mol. The largest absolute Gasteiger partial charge is 0.497 e. The van der Waals surface area contributed by atoms with Gasteiger partial charge in [0.15, 0.2) is 0 Å². The first-order valence-electron chi connectivity index (χ1n) is 6.66. The second kappa shape index (κ2) is 5.52. The Morgan fingerprint density at radius 3 is 2.67 bits per heavy atom. The molecule has 1 N–H and O–H groups in total. The molecule has 110 valence electrons. The van der Waals surface area contributed by atoms with Crippen LogP contribution >= 0.6 is 15.9 Å². The highest BCUT2D eigenvalue weighted by molar-refractivity contribution is 9.10. The minimum atomic E-state index is -0.174. The van der Waals surface area contributed by atoms with Crippen molar-refractivity contribution in [2.45, 2.75) is 18.8 Å². The number of benzene rings is 1. The molecule has 0 saturated heterocycles. The molecule has 5 nitrogen and oxygen atoms in total. The van der Waals surface area contributed by atoms with E-state index in [0.29, 0.717) is 33.3 Å². The Balaban J connectivity index is 2.18. The number of methoxy groups -OCH3 is 2. The second-order valence-electron chi connectivity index (χ2n) is 4.95. The minimum absolute atomic E-state index is 0.174. The van der Waals surface area contributed by atoms with E-state index in [-0.39, 0.29) is 5.56 Å². The first kappa shape index (κ1) is 14.1. The van der Waals surface area contributed by atoms with Crippen molar-refractivity contribution in [3.8, 4) is 22.9 Å². The zero-order chi connectivity index (χ0) is 15.0. The van der Waals surface area contributed by atoms with Crippen molar-refractivity contribution in [2.75, 3.05) is 14.2 Å². The van der Waals surface area contributed by atoms with Gasteiger partial charge in [-0.3, -0.25) is 4.79 Å². The number of nitrogens with zero attached hydrogens (tertiary/aromatic N) is 1. The maximum atomic E-state index is 12.1. The van der Waals surface area contributed by atoms with Crippen LogP contribution in [-0.4, -0.2) is 24.2 Å². The molecule has 0 atom stereocenters. The Hall–Kier alpha value is -1.82. The number of hydrogen-bond acceptors (Lipinski definition) is 4. The van der Waals surface area contributed by atoms with Crippen LogP contribution in [0.3, 0.4) is 0 Å². The summed E-state index contributed by atoms with van der Waals surface area (Å²) in [7, 11) is 3.18. The predicted octanol–water partition coefficient (Wildman–Crippen LogP) is 3.09. The molecule has 1 aliphatic rings. The summed E-state index contributed by atoms with van der Waals surface area (Å²) in [6, 6.07) is 5.41. The Labute approximate surface area is 130 Å². The summed E-state index contributed by atoms with van der Waals surface area (Å²) in [4.78, 5) is 19.5. The molecule has 0 unspecified atom stereocenters. The van der Waals surface area contributed by atoms with Crippen molar-refractivity contribution in [1.82, 2.24) is 9.97 Å². The molecule has 0 aliphatic heterocycles. The summed E-state index contributed by atoms with van der Waals surface area (Å²) in [6.45, 7) is 0. The molecule has 2 aromatic rings. The van der Waals surface area contributed by atoms with E-state index in [1.165, 1.54) is 0 Å². The third-order valence-corrected chi connectivity index (χ3v) is 4.28. The van der Waals surface area contributed by atoms with E-state index in [1.54, 1.807) is 26.4 Å². The van der Waals surface area contributed by atoms with Crippen molar-refractivity contribution in [2.24, 2.45) is 0 Å². The summed E-state index contributed by atoms with van der Waals surface area (Å²) in [6.07, 6.45) is 2.15. The van der Waals surface area contributed by atoms with Crippen LogP contribution in [-0.2, 0) is 0 Å². The topological polar surface area (TPSA) is 64.2 Å². The fraction of sp³-hybridized carbons (Fsp3) is 0.333. The van der Waals surface area contributed by atoms with E-state index in [0.717, 1.165) is 18.5 Å². The molecule has 1 saturated carbocycles. The van der Waals surface area contributed by atoms with Gasteiger partial charge < -0.3 is 14.5 Å². The molecule has 0 amide bonds. The highest BCUT2D eigenvalue weighted by Gasteiger charge is 2.29. The fourth-order valence-electron chi connectivity index (χ4n) is 2.23. The van der Waals surface area contributed by atoms with Gasteiger partial charge in [-0.2, -0.15) is 0 Å². The van der Waals surface area contributed by atoms with Gasteiger partial charge in [0.25, 0.3) is 5.56 Å². The average molecular weight is 351 g/mol. The molecule has 1 fully saturated rings. The lowest BCUT2D eigenvalue weighted by Gasteiger charge is -2.11. The number of ether oxygens (including phenoxy) is 2. The average Bonchev–Trinajstić information content (AvgIpc) is 3.33. The van der Waals surface area contributed by atoms with Crippen LogP contribution in [0.2, 0.25) is 0 Å². The van der Waals surface area contributed by atoms with Crippen LogP contribution in [0.15, 0.2) is 27.5 Å². The Kier molecular flexibility index (Phi) is 3.71. The van der Waals surface area contributed by atoms with Gasteiger partial charge in [-0.1, -0.05) is 0 Å². The number of rotatable bonds is 4. The van der Waals surface area contributed by atoms with Gasteiger partial charge in [-0.25, -0.2) is 4.98 Å². The summed E-state index contributed by atoms with van der Waals surface area (Å²) in [5, 5.41) is 0. The van der Waals surface area contributed by atoms with Crippen molar-refractivity contribution >= 4 is 15.9 Å². The summed E-state index contributed by atoms with van der Waals surface area (Å²) in [5.41, 5.74) is 1.36. The summed E-state index contributed by atoms with van der Waals surface area (Å²) < 4.78 is 11.1. The lowest BCUT2D eigenvalue weighted by atomic mass is 10.1. The smallest absolute Gasteiger partial charge is 0.265 e. The van der Waals surface area contributed by atoms with E-state index in [2.05, 4.69) is 25.9 Å². The highest BCUT2D eigenvalue weighted by atomic mass is 79.9. The van der Waals surface area contributed by atoms with Crippen molar-refractivity contribution in [3.63, 3.8) is 0 Å². The van der Waals surface area contributed by atoms with Gasteiger partial charge in [0.1, 0.15) is 21.8 Å². The maximum absolute atomic E-state index is 12.1. The lowest BCUT2D eigenvalue weighted by Crippen LogP contribution is -2.13. The van der Waals surface area contributed by atoms with Gasteiger partial charge in [0.2, 0.25) is 0 Å². The van der Waals surface area contributed by atoms with Gasteiger partial charge in [-0.05, 0) is 47.0 Å². The van der Waals surface area contributed by atoms with Crippen LogP contribution in [0.1, 0.15) is 24.5 Å². The number of aromatic amines is 1. The van der Waals surface area contributed by atoms with Gasteiger partial charge in [-0.15, -0.1) is 0 Å². The number of nitrogens with one attached hydrogen (secondary N) is 1. The van der Waals surface area contributed by atoms with Crippen LogP contribution in [0.5, 0.6) is 11.5 Å². The van der Waals surface area contributed by atoms with Crippen LogP contribution in [0.25, 0.3) is 11.4 Å². The number of aromatic nitrogens is 2. The van der Waals surface area contributed by atoms with E-state index >= 15 is 0 Å². The first-order chi connectivity index (χ1) is 10.1. The third kappa shape index (κ3) is 2.68. The molecule has 0 bridgehead atoms. The maximum Gasteiger partial charge on any atom is 0.265 e. The molecule has 1 aromatic carbocycles. The lowest BCUT2D eigenvalue weighted by molar-refractivity contribution is 0.404. The predicted molar refractivity (Wildman–Crippen MR) is 83.1 cm³/mol. The molecule has 3 rings (SSSR count). The molecule has 1 aliphatic carbocycles. The molecular formula is C15H15BrN2O3. The Morgan fingerprint density at radius 2 is 2.05 bits per heavy atom. The van der Waals surface area contributed by atoms with Crippen LogP contribution in [0, 0.1) is 0 Å². The highest BCUT2D eigenvalue weighted by Crippen LogP contribution is 2.42. The van der Waals surface area contributed by atoms with Crippen molar-refractivity contribution < 1.29 is 9.47 Å². The fourth-order valence-corrected chi connectivity index (χ4v) is 2.74. The number of H-pyrrole nitrogens is 1. The summed E-state index contributed by atoms with van der Waals surface area (Å²) in [5.74, 6) is 2.20. The molecule has 21 heavy (non-hydrogen) atoms. The van der Waals surface area contributed by atoms with Crippen LogP contribution in [0.4, 0.5) is 0 Å². The van der Waals surface area contributed by atoms with Gasteiger partial charge >= 0.3 is 0 Å². The zero-order valence-corrected chi connectivity index (χ0v) is 13.4. The van der Waals surface area contributed by atoms with E-state index in [1.807, 2.05) is 6.07 Å². The zero-order valence-electron chi connectivity index (χ0n) is 11.8. The SMILES string of the molecule is COc1ccc(OC)c(-c2nc(C3CC3)c(Br)c(=O)[nH]2)c1. The first-order valence-corrected chi connectivity index (χ1v) is 7.45. The van der Waals surface area contributed by atoms with E-state index in [9.17, 15) is 4.79 Å². The van der Waals surface area contributed by atoms with E-state index in [4.69, 9.17) is 9.47 Å².